The van der Waals surface area contributed by atoms with E-state index >= 15 is 0 Å². The molecule has 0 saturated heterocycles. The van der Waals surface area contributed by atoms with Crippen molar-refractivity contribution in [1.29, 1.82) is 0 Å². The Labute approximate surface area is 63.1 Å². The quantitative estimate of drug-likeness (QED) is 0.535. The smallest absolute Gasteiger partial charge is 0.0375 e. The Morgan fingerprint density at radius 2 is 1.40 bits per heavy atom. The summed E-state index contributed by atoms with van der Waals surface area (Å²) in [7, 11) is 0. The van der Waals surface area contributed by atoms with Crippen molar-refractivity contribution < 1.29 is 0 Å². The molecule has 0 amide bonds. The lowest BCUT2D eigenvalue weighted by Crippen LogP contribution is -1.81. The first kappa shape index (κ1) is 9.15. The molecule has 0 unspecified atom stereocenters. The number of hydrogen-bond donors (Lipinski definition) is 0. The van der Waals surface area contributed by atoms with Crippen LogP contribution >= 0.6 is 0 Å². The predicted molar refractivity (Wildman–Crippen MR) is 45.1 cm³/mol. The fourth-order valence-corrected chi connectivity index (χ4v) is 0.679. The molecular weight excluding hydrogens is 122 g/mol. The molecular formula is C9H15N. The highest BCUT2D eigenvalue weighted by Crippen LogP contribution is 1.93. The summed E-state index contributed by atoms with van der Waals surface area (Å²) in [5.41, 5.74) is 2.18. The van der Waals surface area contributed by atoms with Gasteiger partial charge >= 0.3 is 0 Å². The van der Waals surface area contributed by atoms with E-state index in [1.165, 1.54) is 0 Å². The molecule has 0 aliphatic heterocycles. The maximum atomic E-state index is 4.17. The second-order valence-electron chi connectivity index (χ2n) is 1.92. The summed E-state index contributed by atoms with van der Waals surface area (Å²) in [5, 5.41) is 0. The van der Waals surface area contributed by atoms with Crippen LogP contribution in [0.4, 0.5) is 0 Å². The van der Waals surface area contributed by atoms with Crippen molar-refractivity contribution in [1.82, 2.24) is 4.98 Å². The molecule has 0 radical (unpaired) electrons. The van der Waals surface area contributed by atoms with Crippen LogP contribution in [0.15, 0.2) is 18.2 Å². The lowest BCUT2D eigenvalue weighted by atomic mass is 10.3. The zero-order chi connectivity index (χ0) is 7.98. The van der Waals surface area contributed by atoms with E-state index in [1.54, 1.807) is 0 Å². The highest BCUT2D eigenvalue weighted by Gasteiger charge is 1.82. The fraction of sp³-hybridized carbons (Fsp3) is 0.444. The molecule has 1 nitrogen and oxygen atoms in total. The van der Waals surface area contributed by atoms with E-state index < -0.39 is 0 Å². The molecule has 1 heteroatoms. The highest BCUT2D eigenvalue weighted by atomic mass is 14.7. The van der Waals surface area contributed by atoms with Gasteiger partial charge in [0.25, 0.3) is 0 Å². The monoisotopic (exact) mass is 137 g/mol. The van der Waals surface area contributed by atoms with Gasteiger partial charge in [-0.1, -0.05) is 19.9 Å². The van der Waals surface area contributed by atoms with Crippen LogP contribution in [0.5, 0.6) is 0 Å². The summed E-state index contributed by atoms with van der Waals surface area (Å²) in [6.45, 7) is 7.99. The first-order chi connectivity index (χ1) is 4.79. The van der Waals surface area contributed by atoms with E-state index in [9.17, 15) is 0 Å². The van der Waals surface area contributed by atoms with Gasteiger partial charge in [0.2, 0.25) is 0 Å². The molecule has 0 N–H and O–H groups in total. The number of pyridine rings is 1. The summed E-state index contributed by atoms with van der Waals surface area (Å²) in [6.07, 6.45) is 0. The molecule has 1 heterocycles. The minimum atomic E-state index is 1.09. The molecule has 10 heavy (non-hydrogen) atoms. The molecule has 0 saturated carbocycles. The van der Waals surface area contributed by atoms with Crippen molar-refractivity contribution in [3.8, 4) is 0 Å². The first-order valence-electron chi connectivity index (χ1n) is 3.69. The zero-order valence-corrected chi connectivity index (χ0v) is 7.18. The topological polar surface area (TPSA) is 12.9 Å². The number of aromatic nitrogens is 1. The van der Waals surface area contributed by atoms with Crippen LogP contribution in [0.2, 0.25) is 0 Å². The fourth-order valence-electron chi connectivity index (χ4n) is 0.679. The number of nitrogens with zero attached hydrogens (tertiary/aromatic N) is 1. The third kappa shape index (κ3) is 3.23. The molecule has 1 aromatic rings. The van der Waals surface area contributed by atoms with Crippen molar-refractivity contribution in [3.05, 3.63) is 29.6 Å². The van der Waals surface area contributed by atoms with Crippen LogP contribution in [-0.2, 0) is 0 Å². The van der Waals surface area contributed by atoms with Crippen molar-refractivity contribution in [3.63, 3.8) is 0 Å². The van der Waals surface area contributed by atoms with Crippen LogP contribution in [0, 0.1) is 13.8 Å². The van der Waals surface area contributed by atoms with Crippen LogP contribution < -0.4 is 0 Å². The summed E-state index contributed by atoms with van der Waals surface area (Å²) in [6, 6.07) is 6.00. The van der Waals surface area contributed by atoms with Gasteiger partial charge in [-0.05, 0) is 26.0 Å². The van der Waals surface area contributed by atoms with Crippen molar-refractivity contribution in [2.75, 3.05) is 0 Å². The molecule has 0 aromatic carbocycles. The Kier molecular flexibility index (Phi) is 4.55. The highest BCUT2D eigenvalue weighted by molar-refractivity contribution is 5.07. The van der Waals surface area contributed by atoms with Gasteiger partial charge in [0, 0.05) is 11.4 Å². The average Bonchev–Trinajstić information content (AvgIpc) is 1.91. The van der Waals surface area contributed by atoms with Crippen LogP contribution in [0.1, 0.15) is 25.2 Å². The van der Waals surface area contributed by atoms with Crippen LogP contribution in [0.3, 0.4) is 0 Å². The van der Waals surface area contributed by atoms with Gasteiger partial charge in [-0.3, -0.25) is 4.98 Å². The molecule has 56 valence electrons. The van der Waals surface area contributed by atoms with Crippen molar-refractivity contribution in [2.24, 2.45) is 0 Å². The predicted octanol–water partition coefficient (Wildman–Crippen LogP) is 2.72. The zero-order valence-electron chi connectivity index (χ0n) is 7.18. The minimum absolute atomic E-state index is 1.09. The number of hydrogen-bond acceptors (Lipinski definition) is 1. The summed E-state index contributed by atoms with van der Waals surface area (Å²) < 4.78 is 0. The van der Waals surface area contributed by atoms with Gasteiger partial charge in [-0.2, -0.15) is 0 Å². The molecule has 0 bridgehead atoms. The molecule has 0 aliphatic rings. The molecule has 0 atom stereocenters. The number of rotatable bonds is 0. The first-order valence-corrected chi connectivity index (χ1v) is 3.69. The van der Waals surface area contributed by atoms with Gasteiger partial charge in [0.15, 0.2) is 0 Å². The Hall–Kier alpha value is -0.850. The number of aryl methyl sites for hydroxylation is 2. The lowest BCUT2D eigenvalue weighted by molar-refractivity contribution is 1.12. The van der Waals surface area contributed by atoms with E-state index in [-0.39, 0.29) is 0 Å². The largest absolute Gasteiger partial charge is 0.258 e. The van der Waals surface area contributed by atoms with E-state index in [4.69, 9.17) is 0 Å². The molecule has 1 rings (SSSR count). The van der Waals surface area contributed by atoms with Crippen LogP contribution in [-0.4, -0.2) is 4.98 Å². The maximum absolute atomic E-state index is 4.17. The van der Waals surface area contributed by atoms with Gasteiger partial charge < -0.3 is 0 Å². The SMILES string of the molecule is CC.Cc1cccc(C)n1. The maximum Gasteiger partial charge on any atom is 0.0375 e. The van der Waals surface area contributed by atoms with E-state index in [0.717, 1.165) is 11.4 Å². The average molecular weight is 137 g/mol. The normalized spacial score (nSPS) is 8.00. The van der Waals surface area contributed by atoms with E-state index in [2.05, 4.69) is 4.98 Å². The summed E-state index contributed by atoms with van der Waals surface area (Å²) in [4.78, 5) is 4.17. The molecule has 0 fully saturated rings. The Bertz CT molecular complexity index is 165. The van der Waals surface area contributed by atoms with Crippen molar-refractivity contribution >= 4 is 0 Å². The van der Waals surface area contributed by atoms with Gasteiger partial charge in [0.05, 0.1) is 0 Å². The van der Waals surface area contributed by atoms with E-state index in [1.807, 2.05) is 45.9 Å². The molecule has 0 aliphatic carbocycles. The Balaban J connectivity index is 0.000000371. The summed E-state index contributed by atoms with van der Waals surface area (Å²) >= 11 is 0. The van der Waals surface area contributed by atoms with Gasteiger partial charge in [-0.25, -0.2) is 0 Å². The third-order valence-corrected chi connectivity index (χ3v) is 1.03. The third-order valence-electron chi connectivity index (χ3n) is 1.03. The Morgan fingerprint density at radius 1 is 1.00 bits per heavy atom. The van der Waals surface area contributed by atoms with Gasteiger partial charge in [-0.15, -0.1) is 0 Å². The van der Waals surface area contributed by atoms with Crippen molar-refractivity contribution in [2.45, 2.75) is 27.7 Å². The lowest BCUT2D eigenvalue weighted by Gasteiger charge is -1.90. The molecule has 1 aromatic heterocycles. The van der Waals surface area contributed by atoms with E-state index in [0.29, 0.717) is 0 Å². The standard InChI is InChI=1S/C7H9N.C2H6/c1-6-4-3-5-7(2)8-6;1-2/h3-5H,1-2H3;1-2H3. The molecule has 0 spiro atoms. The Morgan fingerprint density at radius 3 is 1.60 bits per heavy atom. The van der Waals surface area contributed by atoms with Gasteiger partial charge in [0.1, 0.15) is 0 Å². The minimum Gasteiger partial charge on any atom is -0.258 e. The van der Waals surface area contributed by atoms with Crippen LogP contribution in [0.25, 0.3) is 0 Å². The second kappa shape index (κ2) is 4.98. The second-order valence-corrected chi connectivity index (χ2v) is 1.92. The summed E-state index contributed by atoms with van der Waals surface area (Å²) in [5.74, 6) is 0.